The molecule has 5 rings (SSSR count). The summed E-state index contributed by atoms with van der Waals surface area (Å²) in [6.45, 7) is 7.96. The molecule has 0 saturated heterocycles. The van der Waals surface area contributed by atoms with Gasteiger partial charge in [-0.15, -0.1) is 11.3 Å². The number of aromatic nitrogens is 2. The molecule has 0 bridgehead atoms. The molecule has 0 N–H and O–H groups in total. The number of amides is 1. The average molecular weight is 489 g/mol. The van der Waals surface area contributed by atoms with Crippen molar-refractivity contribution in [2.45, 2.75) is 65.3 Å². The molecule has 1 saturated carbocycles. The van der Waals surface area contributed by atoms with Crippen LogP contribution < -0.4 is 0 Å². The van der Waals surface area contributed by atoms with Crippen LogP contribution in [-0.4, -0.2) is 40.1 Å². The molecule has 1 aromatic carbocycles. The van der Waals surface area contributed by atoms with E-state index in [-0.39, 0.29) is 5.91 Å². The van der Waals surface area contributed by atoms with E-state index in [9.17, 15) is 4.79 Å². The van der Waals surface area contributed by atoms with Crippen LogP contribution in [0, 0.1) is 17.8 Å². The van der Waals surface area contributed by atoms with Gasteiger partial charge in [0.2, 0.25) is 0 Å². The molecule has 6 heteroatoms. The Morgan fingerprint density at radius 1 is 1.20 bits per heavy atom. The van der Waals surface area contributed by atoms with Crippen molar-refractivity contribution in [3.05, 3.63) is 57.7 Å². The number of rotatable bonds is 7. The Hall–Kier alpha value is -2.44. The lowest BCUT2D eigenvalue weighted by Gasteiger charge is -2.30. The third kappa shape index (κ3) is 6.04. The zero-order chi connectivity index (χ0) is 24.2. The lowest BCUT2D eigenvalue weighted by Crippen LogP contribution is -2.32. The smallest absolute Gasteiger partial charge is 0.277 e. The molecule has 2 aromatic heterocycles. The number of hydrogen-bond acceptors (Lipinski definition) is 5. The summed E-state index contributed by atoms with van der Waals surface area (Å²) in [6, 6.07) is 9.47. The lowest BCUT2D eigenvalue weighted by atomic mass is 9.81. The van der Waals surface area contributed by atoms with Gasteiger partial charge in [0.1, 0.15) is 0 Å². The van der Waals surface area contributed by atoms with E-state index in [2.05, 4.69) is 28.7 Å². The van der Waals surface area contributed by atoms with Gasteiger partial charge >= 0.3 is 0 Å². The van der Waals surface area contributed by atoms with Crippen molar-refractivity contribution in [1.82, 2.24) is 14.9 Å². The quantitative estimate of drug-likeness (QED) is 0.363. The normalized spacial score (nSPS) is 21.1. The number of thiazole rings is 1. The Labute approximate surface area is 212 Å². The van der Waals surface area contributed by atoms with Crippen LogP contribution in [0.25, 0.3) is 10.9 Å². The Kier molecular flexibility index (Phi) is 7.69. The van der Waals surface area contributed by atoms with Crippen LogP contribution in [-0.2, 0) is 19.4 Å². The number of nitrogens with zero attached hydrogens (tertiary/aromatic N) is 4. The third-order valence-electron chi connectivity index (χ3n) is 7.46. The van der Waals surface area contributed by atoms with E-state index in [0.717, 1.165) is 55.6 Å². The van der Waals surface area contributed by atoms with Crippen molar-refractivity contribution < 1.29 is 4.79 Å². The maximum atomic E-state index is 12.7. The minimum absolute atomic E-state index is 0.158. The second-order valence-corrected chi connectivity index (χ2v) is 11.8. The molecule has 1 fully saturated rings. The van der Waals surface area contributed by atoms with E-state index < -0.39 is 0 Å². The minimum atomic E-state index is -0.158. The molecule has 1 aliphatic heterocycles. The average Bonchev–Trinajstić information content (AvgIpc) is 3.27. The van der Waals surface area contributed by atoms with Crippen molar-refractivity contribution in [3.8, 4) is 0 Å². The summed E-state index contributed by atoms with van der Waals surface area (Å²) >= 11 is 1.94. The summed E-state index contributed by atoms with van der Waals surface area (Å²) < 4.78 is 0. The highest BCUT2D eigenvalue weighted by atomic mass is 32.1. The standard InChI is InChI=1S/C29H36N4OS/c1-20(2)17-28-32-26-13-16-33(19-27(26)35-28)15-12-21-8-10-22(11-9-21)18-31-29(34)24-5-3-7-25-23(24)6-4-14-30-25/h3-7,14,18,20-22H,8-13,15-17,19H2,1-2H3. The second-order valence-electron chi connectivity index (χ2n) is 10.6. The van der Waals surface area contributed by atoms with Crippen molar-refractivity contribution in [2.75, 3.05) is 13.1 Å². The maximum absolute atomic E-state index is 12.7. The maximum Gasteiger partial charge on any atom is 0.277 e. The first-order chi connectivity index (χ1) is 17.0. The molecule has 5 nitrogen and oxygen atoms in total. The predicted molar refractivity (Wildman–Crippen MR) is 144 cm³/mol. The molecule has 0 radical (unpaired) electrons. The van der Waals surface area contributed by atoms with Gasteiger partial charge in [0.05, 0.1) is 21.8 Å². The van der Waals surface area contributed by atoms with E-state index >= 15 is 0 Å². The molecule has 2 aliphatic rings. The van der Waals surface area contributed by atoms with E-state index in [1.165, 1.54) is 41.4 Å². The number of carbonyl (C=O) groups excluding carboxylic acids is 1. The van der Waals surface area contributed by atoms with Gasteiger partial charge in [-0.3, -0.25) is 14.7 Å². The van der Waals surface area contributed by atoms with Crippen molar-refractivity contribution >= 4 is 34.4 Å². The lowest BCUT2D eigenvalue weighted by molar-refractivity contribution is 0.100. The Balaban J connectivity index is 1.07. The molecule has 3 aromatic rings. The van der Waals surface area contributed by atoms with Gasteiger partial charge in [-0.2, -0.15) is 0 Å². The first kappa shape index (κ1) is 24.3. The summed E-state index contributed by atoms with van der Waals surface area (Å²) in [5.41, 5.74) is 2.84. The van der Waals surface area contributed by atoms with Gasteiger partial charge in [-0.1, -0.05) is 26.0 Å². The summed E-state index contributed by atoms with van der Waals surface area (Å²) in [4.78, 5) is 30.5. The summed E-state index contributed by atoms with van der Waals surface area (Å²) in [5.74, 6) is 1.72. The van der Waals surface area contributed by atoms with E-state index in [1.54, 1.807) is 6.20 Å². The number of hydrogen-bond donors (Lipinski definition) is 0. The van der Waals surface area contributed by atoms with Crippen molar-refractivity contribution in [2.24, 2.45) is 22.7 Å². The zero-order valence-corrected chi connectivity index (χ0v) is 21.8. The molecule has 35 heavy (non-hydrogen) atoms. The first-order valence-electron chi connectivity index (χ1n) is 13.2. The first-order valence-corrected chi connectivity index (χ1v) is 14.0. The highest BCUT2D eigenvalue weighted by Gasteiger charge is 2.24. The van der Waals surface area contributed by atoms with Crippen LogP contribution in [0.2, 0.25) is 0 Å². The molecular weight excluding hydrogens is 452 g/mol. The molecule has 184 valence electrons. The van der Waals surface area contributed by atoms with E-state index in [4.69, 9.17) is 4.98 Å². The van der Waals surface area contributed by atoms with Crippen LogP contribution in [0.4, 0.5) is 0 Å². The number of benzene rings is 1. The van der Waals surface area contributed by atoms with Gasteiger partial charge in [0.15, 0.2) is 0 Å². The molecule has 0 spiro atoms. The summed E-state index contributed by atoms with van der Waals surface area (Å²) in [6.07, 6.45) is 11.9. The monoisotopic (exact) mass is 488 g/mol. The van der Waals surface area contributed by atoms with Crippen LogP contribution >= 0.6 is 11.3 Å². The number of pyridine rings is 1. The topological polar surface area (TPSA) is 58.5 Å². The largest absolute Gasteiger partial charge is 0.298 e. The fourth-order valence-electron chi connectivity index (χ4n) is 5.45. The molecule has 1 aliphatic carbocycles. The number of fused-ring (bicyclic) bond motifs is 2. The van der Waals surface area contributed by atoms with Crippen LogP contribution in [0.5, 0.6) is 0 Å². The Morgan fingerprint density at radius 2 is 2.06 bits per heavy atom. The second kappa shape index (κ2) is 11.1. The van der Waals surface area contributed by atoms with Gasteiger partial charge in [0, 0.05) is 48.6 Å². The highest BCUT2D eigenvalue weighted by molar-refractivity contribution is 7.11. The molecule has 0 unspecified atom stereocenters. The minimum Gasteiger partial charge on any atom is -0.298 e. The van der Waals surface area contributed by atoms with Gasteiger partial charge < -0.3 is 0 Å². The summed E-state index contributed by atoms with van der Waals surface area (Å²) in [7, 11) is 0. The molecular formula is C29H36N4OS. The van der Waals surface area contributed by atoms with Crippen molar-refractivity contribution in [1.29, 1.82) is 0 Å². The van der Waals surface area contributed by atoms with Crippen LogP contribution in [0.3, 0.4) is 0 Å². The predicted octanol–water partition coefficient (Wildman–Crippen LogP) is 6.36. The van der Waals surface area contributed by atoms with Gasteiger partial charge in [-0.25, -0.2) is 9.98 Å². The fourth-order valence-corrected chi connectivity index (χ4v) is 6.82. The molecule has 3 heterocycles. The SMILES string of the molecule is CC(C)Cc1nc2c(s1)CN(CCC1CCC(C=NC(=O)c3cccc4ncccc34)CC1)CC2. The van der Waals surface area contributed by atoms with Crippen LogP contribution in [0.1, 0.15) is 71.9 Å². The van der Waals surface area contributed by atoms with E-state index in [1.807, 2.05) is 47.9 Å². The van der Waals surface area contributed by atoms with Gasteiger partial charge in [0.25, 0.3) is 5.91 Å². The zero-order valence-electron chi connectivity index (χ0n) is 20.9. The van der Waals surface area contributed by atoms with Gasteiger partial charge in [-0.05, 0) is 74.6 Å². The number of aliphatic imine (C=N–C) groups is 1. The summed E-state index contributed by atoms with van der Waals surface area (Å²) in [5, 5.41) is 2.20. The molecule has 0 atom stereocenters. The third-order valence-corrected chi connectivity index (χ3v) is 8.57. The fraction of sp³-hybridized carbons (Fsp3) is 0.517. The Bertz CT molecular complexity index is 1190. The van der Waals surface area contributed by atoms with Crippen molar-refractivity contribution in [3.63, 3.8) is 0 Å². The Morgan fingerprint density at radius 3 is 2.89 bits per heavy atom. The van der Waals surface area contributed by atoms with Crippen LogP contribution in [0.15, 0.2) is 41.5 Å². The highest BCUT2D eigenvalue weighted by Crippen LogP contribution is 2.32. The van der Waals surface area contributed by atoms with E-state index in [0.29, 0.717) is 17.4 Å². The number of carbonyl (C=O) groups is 1. The molecule has 1 amide bonds.